The number of ether oxygens (including phenoxy) is 2. The van der Waals surface area contributed by atoms with Gasteiger partial charge >= 0.3 is 0 Å². The number of rotatable bonds is 6. The summed E-state index contributed by atoms with van der Waals surface area (Å²) in [6.45, 7) is 5.79. The lowest BCUT2D eigenvalue weighted by molar-refractivity contribution is 0.200. The molecule has 0 amide bonds. The molecular formula is C18H25N3O2. The number of aromatic nitrogens is 2. The monoisotopic (exact) mass is 315 g/mol. The fourth-order valence-electron chi connectivity index (χ4n) is 3.30. The largest absolute Gasteiger partial charge is 0.493 e. The van der Waals surface area contributed by atoms with E-state index in [1.807, 2.05) is 25.4 Å². The lowest BCUT2D eigenvalue weighted by Gasteiger charge is -2.32. The van der Waals surface area contributed by atoms with Crippen LogP contribution < -0.4 is 9.47 Å². The van der Waals surface area contributed by atoms with E-state index >= 15 is 0 Å². The van der Waals surface area contributed by atoms with E-state index in [1.54, 1.807) is 7.11 Å². The predicted molar refractivity (Wildman–Crippen MR) is 90.0 cm³/mol. The van der Waals surface area contributed by atoms with Crippen LogP contribution in [0.5, 0.6) is 11.5 Å². The van der Waals surface area contributed by atoms with Gasteiger partial charge in [0.2, 0.25) is 0 Å². The van der Waals surface area contributed by atoms with Gasteiger partial charge in [-0.15, -0.1) is 0 Å². The quantitative estimate of drug-likeness (QED) is 0.889. The summed E-state index contributed by atoms with van der Waals surface area (Å²) in [7, 11) is 1.69. The maximum Gasteiger partial charge on any atom is 0.161 e. The average Bonchev–Trinajstić information content (AvgIpc) is 3.11. The lowest BCUT2D eigenvalue weighted by atomic mass is 9.92. The van der Waals surface area contributed by atoms with Crippen LogP contribution in [0.15, 0.2) is 30.6 Å². The van der Waals surface area contributed by atoms with E-state index in [0.29, 0.717) is 12.5 Å². The minimum absolute atomic E-state index is 0.576. The molecule has 2 heterocycles. The van der Waals surface area contributed by atoms with Crippen molar-refractivity contribution in [1.82, 2.24) is 15.1 Å². The highest BCUT2D eigenvalue weighted by Crippen LogP contribution is 2.30. The SMILES string of the molecule is CCOc1ccc(CN2CCC[C@H](c3cn[nH]c3)C2)cc1OC. The maximum atomic E-state index is 5.59. The van der Waals surface area contributed by atoms with Gasteiger partial charge in [0.1, 0.15) is 0 Å². The molecule has 124 valence electrons. The van der Waals surface area contributed by atoms with Gasteiger partial charge in [0.15, 0.2) is 11.5 Å². The van der Waals surface area contributed by atoms with Gasteiger partial charge in [-0.2, -0.15) is 5.10 Å². The van der Waals surface area contributed by atoms with Gasteiger partial charge in [0, 0.05) is 19.3 Å². The number of hydrogen-bond acceptors (Lipinski definition) is 4. The normalized spacial score (nSPS) is 18.8. The van der Waals surface area contributed by atoms with Crippen molar-refractivity contribution in [2.45, 2.75) is 32.2 Å². The van der Waals surface area contributed by atoms with Gasteiger partial charge in [-0.1, -0.05) is 6.07 Å². The van der Waals surface area contributed by atoms with Crippen molar-refractivity contribution in [3.8, 4) is 11.5 Å². The van der Waals surface area contributed by atoms with E-state index in [-0.39, 0.29) is 0 Å². The van der Waals surface area contributed by atoms with E-state index < -0.39 is 0 Å². The van der Waals surface area contributed by atoms with Gasteiger partial charge < -0.3 is 9.47 Å². The fourth-order valence-corrected chi connectivity index (χ4v) is 3.30. The minimum atomic E-state index is 0.576. The van der Waals surface area contributed by atoms with Crippen LogP contribution in [0.25, 0.3) is 0 Å². The van der Waals surface area contributed by atoms with Crippen LogP contribution >= 0.6 is 0 Å². The maximum absolute atomic E-state index is 5.59. The Balaban J connectivity index is 1.66. The molecule has 0 saturated carbocycles. The van der Waals surface area contributed by atoms with E-state index in [2.05, 4.69) is 27.2 Å². The van der Waals surface area contributed by atoms with Crippen molar-refractivity contribution < 1.29 is 9.47 Å². The molecule has 3 rings (SSSR count). The third-order valence-corrected chi connectivity index (χ3v) is 4.43. The second kappa shape index (κ2) is 7.51. The lowest BCUT2D eigenvalue weighted by Crippen LogP contribution is -2.33. The number of nitrogens with zero attached hydrogens (tertiary/aromatic N) is 2. The smallest absolute Gasteiger partial charge is 0.161 e. The summed E-state index contributed by atoms with van der Waals surface area (Å²) in [5.41, 5.74) is 2.58. The van der Waals surface area contributed by atoms with Crippen LogP contribution in [0.3, 0.4) is 0 Å². The second-order valence-corrected chi connectivity index (χ2v) is 6.02. The van der Waals surface area contributed by atoms with Crippen LogP contribution in [-0.4, -0.2) is 41.9 Å². The highest BCUT2D eigenvalue weighted by atomic mass is 16.5. The highest BCUT2D eigenvalue weighted by Gasteiger charge is 2.22. The second-order valence-electron chi connectivity index (χ2n) is 6.02. The van der Waals surface area contributed by atoms with E-state index in [4.69, 9.17) is 9.47 Å². The molecule has 0 unspecified atom stereocenters. The molecule has 1 N–H and O–H groups in total. The summed E-state index contributed by atoms with van der Waals surface area (Å²) in [6, 6.07) is 6.23. The molecule has 0 aliphatic carbocycles. The molecule has 0 bridgehead atoms. The van der Waals surface area contributed by atoms with E-state index in [0.717, 1.165) is 31.1 Å². The molecule has 0 spiro atoms. The Bertz CT molecular complexity index is 613. The Kier molecular flexibility index (Phi) is 5.18. The molecule has 1 aromatic heterocycles. The number of likely N-dealkylation sites (tertiary alicyclic amines) is 1. The number of methoxy groups -OCH3 is 1. The molecule has 0 radical (unpaired) electrons. The summed E-state index contributed by atoms with van der Waals surface area (Å²) in [5.74, 6) is 2.20. The third-order valence-electron chi connectivity index (χ3n) is 4.43. The number of hydrogen-bond donors (Lipinski definition) is 1. The van der Waals surface area contributed by atoms with Crippen molar-refractivity contribution in [2.24, 2.45) is 0 Å². The molecule has 5 heteroatoms. The zero-order valence-electron chi connectivity index (χ0n) is 13.9. The Hall–Kier alpha value is -2.01. The number of H-pyrrole nitrogens is 1. The molecule has 23 heavy (non-hydrogen) atoms. The molecular weight excluding hydrogens is 290 g/mol. The van der Waals surface area contributed by atoms with Crippen LogP contribution in [0, 0.1) is 0 Å². The number of aromatic amines is 1. The first-order chi connectivity index (χ1) is 11.3. The van der Waals surface area contributed by atoms with Crippen molar-refractivity contribution >= 4 is 0 Å². The third kappa shape index (κ3) is 3.85. The van der Waals surface area contributed by atoms with Gasteiger partial charge in [0.05, 0.1) is 19.9 Å². The van der Waals surface area contributed by atoms with E-state index in [1.165, 1.54) is 24.0 Å². The van der Waals surface area contributed by atoms with Gasteiger partial charge in [-0.3, -0.25) is 10.00 Å². The highest BCUT2D eigenvalue weighted by molar-refractivity contribution is 5.43. The Morgan fingerprint density at radius 1 is 1.35 bits per heavy atom. The summed E-state index contributed by atoms with van der Waals surface area (Å²) in [5, 5.41) is 7.01. The summed E-state index contributed by atoms with van der Waals surface area (Å²) < 4.78 is 11.0. The van der Waals surface area contributed by atoms with Crippen LogP contribution in [0.2, 0.25) is 0 Å². The van der Waals surface area contributed by atoms with Crippen molar-refractivity contribution in [1.29, 1.82) is 0 Å². The predicted octanol–water partition coefficient (Wildman–Crippen LogP) is 3.20. The zero-order valence-corrected chi connectivity index (χ0v) is 13.9. The van der Waals surface area contributed by atoms with E-state index in [9.17, 15) is 0 Å². The van der Waals surface area contributed by atoms with Crippen molar-refractivity contribution in [3.63, 3.8) is 0 Å². The van der Waals surface area contributed by atoms with Crippen LogP contribution in [0.1, 0.15) is 36.8 Å². The summed E-state index contributed by atoms with van der Waals surface area (Å²) in [6.07, 6.45) is 6.44. The molecule has 5 nitrogen and oxygen atoms in total. The number of nitrogens with one attached hydrogen (secondary N) is 1. The molecule has 1 aliphatic heterocycles. The molecule has 1 aromatic carbocycles. The Labute approximate surface area is 137 Å². The van der Waals surface area contributed by atoms with Gasteiger partial charge in [-0.05, 0) is 55.5 Å². The first-order valence-electron chi connectivity index (χ1n) is 8.31. The molecule has 1 aliphatic rings. The van der Waals surface area contributed by atoms with Gasteiger partial charge in [0.25, 0.3) is 0 Å². The molecule has 1 saturated heterocycles. The standard InChI is InChI=1S/C18H25N3O2/c1-3-23-17-7-6-14(9-18(17)22-2)12-21-8-4-5-15(13-21)16-10-19-20-11-16/h6-7,9-11,15H,3-5,8,12-13H2,1-2H3,(H,19,20)/t15-/m0/s1. The van der Waals surface area contributed by atoms with Gasteiger partial charge in [-0.25, -0.2) is 0 Å². The first-order valence-corrected chi connectivity index (χ1v) is 8.31. The Morgan fingerprint density at radius 2 is 2.26 bits per heavy atom. The average molecular weight is 315 g/mol. The first kappa shape index (κ1) is 15.9. The van der Waals surface area contributed by atoms with Crippen LogP contribution in [-0.2, 0) is 6.54 Å². The fraction of sp³-hybridized carbons (Fsp3) is 0.500. The molecule has 1 atom stereocenters. The summed E-state index contributed by atoms with van der Waals surface area (Å²) >= 11 is 0. The minimum Gasteiger partial charge on any atom is -0.493 e. The molecule has 1 fully saturated rings. The summed E-state index contributed by atoms with van der Waals surface area (Å²) in [4.78, 5) is 2.51. The molecule has 2 aromatic rings. The Morgan fingerprint density at radius 3 is 3.00 bits per heavy atom. The zero-order chi connectivity index (χ0) is 16.1. The van der Waals surface area contributed by atoms with Crippen molar-refractivity contribution in [2.75, 3.05) is 26.8 Å². The topological polar surface area (TPSA) is 50.4 Å². The van der Waals surface area contributed by atoms with Crippen LogP contribution in [0.4, 0.5) is 0 Å². The number of benzene rings is 1. The number of piperidine rings is 1. The van der Waals surface area contributed by atoms with Crippen molar-refractivity contribution in [3.05, 3.63) is 41.7 Å².